The summed E-state index contributed by atoms with van der Waals surface area (Å²) in [4.78, 5) is 14.9. The van der Waals surface area contributed by atoms with Gasteiger partial charge in [-0.15, -0.1) is 0 Å². The molecule has 0 saturated carbocycles. The van der Waals surface area contributed by atoms with Crippen molar-refractivity contribution in [3.8, 4) is 0 Å². The summed E-state index contributed by atoms with van der Waals surface area (Å²) in [6.45, 7) is 1.87. The molecule has 0 aliphatic heterocycles. The van der Waals surface area contributed by atoms with E-state index in [4.69, 9.17) is 5.11 Å². The predicted octanol–water partition coefficient (Wildman–Crippen LogP) is 3.85. The molecule has 2 N–H and O–H groups in total. The lowest BCUT2D eigenvalue weighted by molar-refractivity contribution is 0.0695. The molecule has 0 amide bonds. The summed E-state index contributed by atoms with van der Waals surface area (Å²) >= 11 is 2.97. The Morgan fingerprint density at radius 2 is 2.20 bits per heavy atom. The minimum Gasteiger partial charge on any atom is -0.478 e. The van der Waals surface area contributed by atoms with Crippen LogP contribution >= 0.6 is 15.9 Å². The van der Waals surface area contributed by atoms with Gasteiger partial charge in [-0.05, 0) is 46.6 Å². The molecule has 1 unspecified atom stereocenters. The number of carboxylic acid groups (broad SMARTS) is 1. The molecule has 0 radical (unpaired) electrons. The number of nitrogens with zero attached hydrogens (tertiary/aromatic N) is 1. The molecule has 0 spiro atoms. The largest absolute Gasteiger partial charge is 0.478 e. The van der Waals surface area contributed by atoms with Gasteiger partial charge in [-0.3, -0.25) is 4.98 Å². The molecule has 0 bridgehead atoms. The number of halogens is 2. The van der Waals surface area contributed by atoms with Crippen LogP contribution in [0.5, 0.6) is 0 Å². The van der Waals surface area contributed by atoms with Gasteiger partial charge in [0.05, 0.1) is 21.8 Å². The molecule has 6 heteroatoms. The number of aromatic carboxylic acids is 1. The van der Waals surface area contributed by atoms with Crippen LogP contribution in [0.3, 0.4) is 0 Å². The van der Waals surface area contributed by atoms with E-state index in [0.29, 0.717) is 0 Å². The Balaban J connectivity index is 2.27. The summed E-state index contributed by atoms with van der Waals surface area (Å²) in [6, 6.07) is 6.29. The Morgan fingerprint density at radius 3 is 2.80 bits per heavy atom. The van der Waals surface area contributed by atoms with Gasteiger partial charge in [0.25, 0.3) is 0 Å². The molecule has 1 atom stereocenters. The van der Waals surface area contributed by atoms with Crippen molar-refractivity contribution in [3.63, 3.8) is 0 Å². The maximum absolute atomic E-state index is 14.1. The molecule has 2 aromatic rings. The lowest BCUT2D eigenvalue weighted by Crippen LogP contribution is -2.09. The molecule has 1 heterocycles. The Bertz CT molecular complexity index is 635. The van der Waals surface area contributed by atoms with Crippen molar-refractivity contribution in [2.24, 2.45) is 0 Å². The number of aromatic nitrogens is 1. The van der Waals surface area contributed by atoms with Gasteiger partial charge in [0.15, 0.2) is 5.82 Å². The number of hydrogen-bond donors (Lipinski definition) is 2. The van der Waals surface area contributed by atoms with Crippen molar-refractivity contribution in [1.29, 1.82) is 0 Å². The van der Waals surface area contributed by atoms with Crippen molar-refractivity contribution in [1.82, 2.24) is 4.98 Å². The van der Waals surface area contributed by atoms with Gasteiger partial charge in [0.1, 0.15) is 0 Å². The average Bonchev–Trinajstić information content (AvgIpc) is 2.44. The molecule has 4 nitrogen and oxygen atoms in total. The van der Waals surface area contributed by atoms with Crippen molar-refractivity contribution in [2.75, 3.05) is 5.32 Å². The van der Waals surface area contributed by atoms with E-state index in [-0.39, 0.29) is 21.8 Å². The Hall–Kier alpha value is -1.95. The topological polar surface area (TPSA) is 62.2 Å². The van der Waals surface area contributed by atoms with Gasteiger partial charge in [-0.2, -0.15) is 0 Å². The van der Waals surface area contributed by atoms with Crippen molar-refractivity contribution >= 4 is 27.6 Å². The van der Waals surface area contributed by atoms with E-state index >= 15 is 0 Å². The van der Waals surface area contributed by atoms with Gasteiger partial charge in [-0.25, -0.2) is 9.18 Å². The van der Waals surface area contributed by atoms with Crippen LogP contribution in [0.4, 0.5) is 10.1 Å². The molecule has 20 heavy (non-hydrogen) atoms. The van der Waals surface area contributed by atoms with Crippen LogP contribution in [-0.4, -0.2) is 16.1 Å². The third kappa shape index (κ3) is 2.96. The van der Waals surface area contributed by atoms with Crippen LogP contribution in [0.1, 0.15) is 28.9 Å². The number of pyridine rings is 1. The van der Waals surface area contributed by atoms with E-state index in [1.54, 1.807) is 18.5 Å². The van der Waals surface area contributed by atoms with Gasteiger partial charge in [0.2, 0.25) is 0 Å². The van der Waals surface area contributed by atoms with Crippen molar-refractivity contribution < 1.29 is 14.3 Å². The molecule has 104 valence electrons. The van der Waals surface area contributed by atoms with E-state index < -0.39 is 11.8 Å². The summed E-state index contributed by atoms with van der Waals surface area (Å²) in [5.41, 5.74) is 1.03. The highest BCUT2D eigenvalue weighted by Crippen LogP contribution is 2.29. The minimum absolute atomic E-state index is 0.0617. The number of anilines is 1. The fraction of sp³-hybridized carbons (Fsp3) is 0.143. The minimum atomic E-state index is -1.18. The van der Waals surface area contributed by atoms with E-state index in [2.05, 4.69) is 26.2 Å². The van der Waals surface area contributed by atoms with Crippen LogP contribution in [0, 0.1) is 5.82 Å². The first kappa shape index (κ1) is 14.5. The number of rotatable bonds is 4. The fourth-order valence-corrected chi connectivity index (χ4v) is 2.29. The molecule has 0 aliphatic rings. The van der Waals surface area contributed by atoms with Crippen LogP contribution in [0.15, 0.2) is 41.1 Å². The summed E-state index contributed by atoms with van der Waals surface area (Å²) in [6.07, 6.45) is 3.35. The van der Waals surface area contributed by atoms with E-state index in [0.717, 1.165) is 5.56 Å². The quantitative estimate of drug-likeness (QED) is 0.888. The summed E-state index contributed by atoms with van der Waals surface area (Å²) < 4.78 is 14.0. The fourth-order valence-electron chi connectivity index (χ4n) is 1.77. The zero-order valence-corrected chi connectivity index (χ0v) is 12.2. The normalized spacial score (nSPS) is 11.9. The SMILES string of the molecule is CC(Nc1ccc(C(=O)O)c(Br)c1F)c1cccnc1. The third-order valence-corrected chi connectivity index (χ3v) is 3.64. The monoisotopic (exact) mass is 338 g/mol. The van der Waals surface area contributed by atoms with Gasteiger partial charge < -0.3 is 10.4 Å². The first-order valence-corrected chi connectivity index (χ1v) is 6.67. The highest BCUT2D eigenvalue weighted by atomic mass is 79.9. The Morgan fingerprint density at radius 1 is 1.45 bits per heavy atom. The highest BCUT2D eigenvalue weighted by Gasteiger charge is 2.17. The first-order chi connectivity index (χ1) is 9.50. The number of nitrogens with one attached hydrogen (secondary N) is 1. The lowest BCUT2D eigenvalue weighted by atomic mass is 10.1. The van der Waals surface area contributed by atoms with Crippen molar-refractivity contribution in [3.05, 3.63) is 58.1 Å². The number of benzene rings is 1. The zero-order chi connectivity index (χ0) is 14.7. The number of carbonyl (C=O) groups is 1. The maximum atomic E-state index is 14.1. The smallest absolute Gasteiger partial charge is 0.336 e. The van der Waals surface area contributed by atoms with Crippen LogP contribution in [0.25, 0.3) is 0 Å². The molecule has 0 fully saturated rings. The second kappa shape index (κ2) is 6.00. The van der Waals surface area contributed by atoms with Crippen LogP contribution in [-0.2, 0) is 0 Å². The van der Waals surface area contributed by atoms with Crippen molar-refractivity contribution in [2.45, 2.75) is 13.0 Å². The maximum Gasteiger partial charge on any atom is 0.336 e. The number of carboxylic acids is 1. The van der Waals surface area contributed by atoms with Crippen LogP contribution in [0.2, 0.25) is 0 Å². The second-order valence-electron chi connectivity index (χ2n) is 4.25. The predicted molar refractivity (Wildman–Crippen MR) is 77.3 cm³/mol. The number of hydrogen-bond acceptors (Lipinski definition) is 3. The molecule has 1 aromatic carbocycles. The molecule has 1 aromatic heterocycles. The first-order valence-electron chi connectivity index (χ1n) is 5.88. The van der Waals surface area contributed by atoms with Gasteiger partial charge >= 0.3 is 5.97 Å². The van der Waals surface area contributed by atoms with Gasteiger partial charge in [-0.1, -0.05) is 6.07 Å². The average molecular weight is 339 g/mol. The summed E-state index contributed by atoms with van der Waals surface area (Å²) in [5.74, 6) is -1.80. The highest BCUT2D eigenvalue weighted by molar-refractivity contribution is 9.10. The zero-order valence-electron chi connectivity index (χ0n) is 10.6. The standard InChI is InChI=1S/C14H12BrFN2O2/c1-8(9-3-2-6-17-7-9)18-11-5-4-10(14(19)20)12(15)13(11)16/h2-8,18H,1H3,(H,19,20). The van der Waals surface area contributed by atoms with Crippen LogP contribution < -0.4 is 5.32 Å². The summed E-state index contributed by atoms with van der Waals surface area (Å²) in [5, 5.41) is 11.9. The molecule has 2 rings (SSSR count). The summed E-state index contributed by atoms with van der Waals surface area (Å²) in [7, 11) is 0. The second-order valence-corrected chi connectivity index (χ2v) is 5.04. The molecular formula is C14H12BrFN2O2. The molecule has 0 aliphatic carbocycles. The lowest BCUT2D eigenvalue weighted by Gasteiger charge is -2.16. The van der Waals surface area contributed by atoms with E-state index in [1.165, 1.54) is 12.1 Å². The van der Waals surface area contributed by atoms with Gasteiger partial charge in [0, 0.05) is 12.4 Å². The van der Waals surface area contributed by atoms with E-state index in [9.17, 15) is 9.18 Å². The van der Waals surface area contributed by atoms with E-state index in [1.807, 2.05) is 13.0 Å². The molecule has 0 saturated heterocycles. The Labute approximate surface area is 123 Å². The Kier molecular flexibility index (Phi) is 4.34. The molecular weight excluding hydrogens is 327 g/mol. The third-order valence-electron chi connectivity index (χ3n) is 2.87.